The van der Waals surface area contributed by atoms with Crippen molar-refractivity contribution in [1.29, 1.82) is 0 Å². The van der Waals surface area contributed by atoms with Gasteiger partial charge in [-0.25, -0.2) is 4.79 Å². The summed E-state index contributed by atoms with van der Waals surface area (Å²) in [5, 5.41) is 11.2. The third-order valence-corrected chi connectivity index (χ3v) is 4.66. The van der Waals surface area contributed by atoms with Gasteiger partial charge in [-0.3, -0.25) is 0 Å². The molecule has 1 aromatic heterocycles. The van der Waals surface area contributed by atoms with Crippen LogP contribution in [-0.2, 0) is 17.8 Å². The molecule has 122 valence electrons. The van der Waals surface area contributed by atoms with E-state index >= 15 is 0 Å². The topological polar surface area (TPSA) is 53.7 Å². The molecule has 0 bridgehead atoms. The molecule has 3 rings (SSSR count). The second kappa shape index (κ2) is 6.38. The van der Waals surface area contributed by atoms with Crippen LogP contribution in [0, 0.1) is 0 Å². The van der Waals surface area contributed by atoms with E-state index in [4.69, 9.17) is 16.0 Å². The van der Waals surface area contributed by atoms with E-state index in [-0.39, 0.29) is 0 Å². The van der Waals surface area contributed by atoms with Crippen molar-refractivity contribution in [2.24, 2.45) is 0 Å². The van der Waals surface area contributed by atoms with Gasteiger partial charge in [0.1, 0.15) is 11.3 Å². The minimum absolute atomic E-state index is 0.377. The Morgan fingerprint density at radius 1 is 1.43 bits per heavy atom. The molecule has 0 aliphatic carbocycles. The average Bonchev–Trinajstić information content (AvgIpc) is 2.72. The van der Waals surface area contributed by atoms with E-state index in [1.807, 2.05) is 19.1 Å². The number of nitrogens with zero attached hydrogens (tertiary/aromatic N) is 1. The number of hydrogen-bond acceptors (Lipinski definition) is 3. The lowest BCUT2D eigenvalue weighted by molar-refractivity contribution is -0.132. The van der Waals surface area contributed by atoms with E-state index in [0.717, 1.165) is 53.0 Å². The van der Waals surface area contributed by atoms with E-state index < -0.39 is 5.97 Å². The van der Waals surface area contributed by atoms with Crippen LogP contribution in [0.1, 0.15) is 36.7 Å². The molecule has 1 N–H and O–H groups in total. The fraction of sp³-hybridized carbons (Fsp3) is 0.389. The molecule has 2 heterocycles. The fourth-order valence-electron chi connectivity index (χ4n) is 3.16. The molecule has 0 spiro atoms. The first-order valence-electron chi connectivity index (χ1n) is 7.86. The molecule has 1 aliphatic heterocycles. The number of carbonyl (C=O) groups is 1. The Morgan fingerprint density at radius 2 is 2.22 bits per heavy atom. The third kappa shape index (κ3) is 3.01. The molecular formula is C18H20ClNO3. The van der Waals surface area contributed by atoms with Crippen LogP contribution < -0.4 is 0 Å². The first-order chi connectivity index (χ1) is 11.0. The van der Waals surface area contributed by atoms with Crippen LogP contribution >= 0.6 is 11.6 Å². The molecule has 2 aromatic rings. The van der Waals surface area contributed by atoms with E-state index in [1.165, 1.54) is 0 Å². The van der Waals surface area contributed by atoms with Gasteiger partial charge in [-0.15, -0.1) is 0 Å². The fourth-order valence-corrected chi connectivity index (χ4v) is 3.41. The van der Waals surface area contributed by atoms with Crippen molar-refractivity contribution in [1.82, 2.24) is 4.90 Å². The molecule has 0 saturated heterocycles. The summed E-state index contributed by atoms with van der Waals surface area (Å²) in [6, 6.07) is 3.73. The zero-order valence-electron chi connectivity index (χ0n) is 13.4. The van der Waals surface area contributed by atoms with E-state index in [0.29, 0.717) is 17.8 Å². The predicted molar refractivity (Wildman–Crippen MR) is 91.8 cm³/mol. The van der Waals surface area contributed by atoms with Crippen LogP contribution in [0.5, 0.6) is 0 Å². The number of furan rings is 1. The summed E-state index contributed by atoms with van der Waals surface area (Å²) in [5.41, 5.74) is 3.29. The monoisotopic (exact) mass is 333 g/mol. The molecular weight excluding hydrogens is 314 g/mol. The van der Waals surface area contributed by atoms with Crippen LogP contribution in [0.3, 0.4) is 0 Å². The Hall–Kier alpha value is -1.78. The second-order valence-corrected chi connectivity index (χ2v) is 6.46. The first-order valence-corrected chi connectivity index (χ1v) is 8.24. The maximum absolute atomic E-state index is 11.4. The van der Waals surface area contributed by atoms with Crippen LogP contribution in [0.25, 0.3) is 17.0 Å². The summed E-state index contributed by atoms with van der Waals surface area (Å²) in [7, 11) is 2.05. The van der Waals surface area contributed by atoms with Crippen LogP contribution in [0.15, 0.2) is 22.1 Å². The Labute approximate surface area is 140 Å². The van der Waals surface area contributed by atoms with Gasteiger partial charge in [0.15, 0.2) is 0 Å². The van der Waals surface area contributed by atoms with Crippen LogP contribution in [0.4, 0.5) is 0 Å². The number of benzene rings is 1. The van der Waals surface area contributed by atoms with Crippen molar-refractivity contribution in [2.45, 2.75) is 32.7 Å². The highest BCUT2D eigenvalue weighted by Crippen LogP contribution is 2.37. The molecule has 0 amide bonds. The van der Waals surface area contributed by atoms with E-state index in [9.17, 15) is 9.90 Å². The Bertz CT molecular complexity index is 791. The SMILES string of the molecule is CCC/C(=C\c1oc2ccc(Cl)c3c2c1CN(C)CC3)C(=O)O. The molecule has 0 radical (unpaired) electrons. The minimum Gasteiger partial charge on any atom is -0.478 e. The van der Waals surface area contributed by atoms with E-state index in [2.05, 4.69) is 11.9 Å². The number of carboxylic acids is 1. The zero-order valence-corrected chi connectivity index (χ0v) is 14.1. The molecule has 4 nitrogen and oxygen atoms in total. The van der Waals surface area contributed by atoms with Gasteiger partial charge in [0.25, 0.3) is 0 Å². The number of hydrogen-bond donors (Lipinski definition) is 1. The Kier molecular flexibility index (Phi) is 4.46. The third-order valence-electron chi connectivity index (χ3n) is 4.31. The van der Waals surface area contributed by atoms with Gasteiger partial charge in [0.05, 0.1) is 0 Å². The molecule has 1 aromatic carbocycles. The highest BCUT2D eigenvalue weighted by molar-refractivity contribution is 6.32. The number of halogens is 1. The summed E-state index contributed by atoms with van der Waals surface area (Å²) in [6.45, 7) is 3.61. The Balaban J connectivity index is 2.22. The second-order valence-electron chi connectivity index (χ2n) is 6.06. The van der Waals surface area contributed by atoms with Crippen molar-refractivity contribution >= 4 is 34.6 Å². The van der Waals surface area contributed by atoms with Crippen molar-refractivity contribution in [2.75, 3.05) is 13.6 Å². The smallest absolute Gasteiger partial charge is 0.331 e. The molecule has 0 fully saturated rings. The lowest BCUT2D eigenvalue weighted by Crippen LogP contribution is -2.18. The lowest BCUT2D eigenvalue weighted by atomic mass is 10.0. The van der Waals surface area contributed by atoms with Crippen LogP contribution in [0.2, 0.25) is 5.02 Å². The van der Waals surface area contributed by atoms with Gasteiger partial charge in [0, 0.05) is 34.6 Å². The summed E-state index contributed by atoms with van der Waals surface area (Å²) >= 11 is 6.37. The standard InChI is InChI=1S/C18H20ClNO3/c1-3-4-11(18(21)22)9-16-13-10-20(2)8-7-12-14(19)5-6-15(23-16)17(12)13/h5-6,9H,3-4,7-8,10H2,1-2H3,(H,21,22)/b11-9+. The highest BCUT2D eigenvalue weighted by Gasteiger charge is 2.23. The number of carboxylic acid groups (broad SMARTS) is 1. The maximum atomic E-state index is 11.4. The summed E-state index contributed by atoms with van der Waals surface area (Å²) in [6.07, 6.45) is 3.85. The van der Waals surface area contributed by atoms with Crippen molar-refractivity contribution in [3.63, 3.8) is 0 Å². The van der Waals surface area contributed by atoms with Gasteiger partial charge in [-0.1, -0.05) is 24.9 Å². The Morgan fingerprint density at radius 3 is 2.91 bits per heavy atom. The minimum atomic E-state index is -0.889. The predicted octanol–water partition coefficient (Wildman–Crippen LogP) is 4.34. The molecule has 0 unspecified atom stereocenters. The summed E-state index contributed by atoms with van der Waals surface area (Å²) in [5.74, 6) is -0.247. The molecule has 5 heteroatoms. The lowest BCUT2D eigenvalue weighted by Gasteiger charge is -2.13. The average molecular weight is 334 g/mol. The quantitative estimate of drug-likeness (QED) is 0.845. The molecule has 1 aliphatic rings. The zero-order chi connectivity index (χ0) is 16.6. The number of likely N-dealkylation sites (N-methyl/N-ethyl adjacent to an activating group) is 1. The molecule has 0 saturated carbocycles. The maximum Gasteiger partial charge on any atom is 0.331 e. The summed E-state index contributed by atoms with van der Waals surface area (Å²) in [4.78, 5) is 13.6. The van der Waals surface area contributed by atoms with E-state index in [1.54, 1.807) is 6.08 Å². The van der Waals surface area contributed by atoms with Crippen molar-refractivity contribution < 1.29 is 14.3 Å². The molecule has 23 heavy (non-hydrogen) atoms. The largest absolute Gasteiger partial charge is 0.478 e. The summed E-state index contributed by atoms with van der Waals surface area (Å²) < 4.78 is 5.97. The van der Waals surface area contributed by atoms with Gasteiger partial charge < -0.3 is 14.4 Å². The van der Waals surface area contributed by atoms with Crippen LogP contribution in [-0.4, -0.2) is 29.6 Å². The van der Waals surface area contributed by atoms with Crippen molar-refractivity contribution in [3.8, 4) is 0 Å². The van der Waals surface area contributed by atoms with Crippen molar-refractivity contribution in [3.05, 3.63) is 39.6 Å². The normalized spacial score (nSPS) is 15.9. The highest BCUT2D eigenvalue weighted by atomic mass is 35.5. The number of aliphatic carboxylic acids is 1. The first kappa shape index (κ1) is 16.1. The van der Waals surface area contributed by atoms with Gasteiger partial charge in [0.2, 0.25) is 0 Å². The molecule has 0 atom stereocenters. The van der Waals surface area contributed by atoms with Gasteiger partial charge in [-0.05, 0) is 43.7 Å². The number of rotatable bonds is 4. The van der Waals surface area contributed by atoms with Gasteiger partial charge >= 0.3 is 5.97 Å². The van der Waals surface area contributed by atoms with Gasteiger partial charge in [-0.2, -0.15) is 0 Å².